The number of carbonyl (C=O) groups excluding carboxylic acids is 1. The molecule has 0 spiro atoms. The Morgan fingerprint density at radius 1 is 1.26 bits per heavy atom. The molecular weight excluding hydrogens is 258 g/mol. The lowest BCUT2D eigenvalue weighted by atomic mass is 10.1. The summed E-state index contributed by atoms with van der Waals surface area (Å²) in [5, 5.41) is 0.679. The first-order valence-electron chi connectivity index (χ1n) is 7.20. The van der Waals surface area contributed by atoms with Gasteiger partial charge in [-0.05, 0) is 56.0 Å². The monoisotopic (exact) mass is 279 g/mol. The van der Waals surface area contributed by atoms with E-state index in [9.17, 15) is 4.79 Å². The normalized spacial score (nSPS) is 14.9. The van der Waals surface area contributed by atoms with E-state index in [-0.39, 0.29) is 5.78 Å². The molecule has 0 aliphatic heterocycles. The molecule has 0 bridgehead atoms. The van der Waals surface area contributed by atoms with Crippen molar-refractivity contribution in [2.24, 2.45) is 5.92 Å². The summed E-state index contributed by atoms with van der Waals surface area (Å²) in [5.41, 5.74) is 0.771. The van der Waals surface area contributed by atoms with Gasteiger partial charge in [-0.3, -0.25) is 4.79 Å². The van der Waals surface area contributed by atoms with Gasteiger partial charge in [0.05, 0.1) is 0 Å². The van der Waals surface area contributed by atoms with Gasteiger partial charge in [0.15, 0.2) is 5.78 Å². The molecule has 0 radical (unpaired) electrons. The van der Waals surface area contributed by atoms with Gasteiger partial charge in [0.2, 0.25) is 0 Å². The molecule has 0 unspecified atom stereocenters. The number of rotatable bonds is 8. The lowest BCUT2D eigenvalue weighted by Crippen LogP contribution is -2.29. The van der Waals surface area contributed by atoms with E-state index in [0.29, 0.717) is 11.4 Å². The molecule has 0 aromatic heterocycles. The Kier molecular flexibility index (Phi) is 5.41. The topological polar surface area (TPSA) is 20.3 Å². The van der Waals surface area contributed by atoms with Gasteiger partial charge in [0.25, 0.3) is 0 Å². The molecule has 104 valence electrons. The van der Waals surface area contributed by atoms with Crippen LogP contribution in [-0.2, 0) is 0 Å². The molecule has 1 fully saturated rings. The third kappa shape index (κ3) is 4.96. The predicted molar refractivity (Wildman–Crippen MR) is 79.9 cm³/mol. The summed E-state index contributed by atoms with van der Waals surface area (Å²) in [6.45, 7) is 5.35. The van der Waals surface area contributed by atoms with Crippen LogP contribution < -0.4 is 0 Å². The van der Waals surface area contributed by atoms with E-state index >= 15 is 0 Å². The van der Waals surface area contributed by atoms with E-state index in [2.05, 4.69) is 11.8 Å². The first-order chi connectivity index (χ1) is 9.19. The fourth-order valence-corrected chi connectivity index (χ4v) is 2.44. The van der Waals surface area contributed by atoms with Gasteiger partial charge >= 0.3 is 0 Å². The Morgan fingerprint density at radius 3 is 2.53 bits per heavy atom. The predicted octanol–water partition coefficient (Wildman–Crippen LogP) is 4.03. The molecule has 1 aromatic rings. The van der Waals surface area contributed by atoms with Gasteiger partial charge in [-0.15, -0.1) is 0 Å². The average molecular weight is 280 g/mol. The van der Waals surface area contributed by atoms with Gasteiger partial charge in [-0.2, -0.15) is 0 Å². The van der Waals surface area contributed by atoms with Crippen molar-refractivity contribution in [1.29, 1.82) is 0 Å². The summed E-state index contributed by atoms with van der Waals surface area (Å²) in [5.74, 6) is 1.10. The second-order valence-corrected chi connectivity index (χ2v) is 5.86. The Bertz CT molecular complexity index is 411. The molecule has 1 aliphatic carbocycles. The minimum atomic E-state index is 0.216. The molecule has 1 aromatic carbocycles. The zero-order valence-corrected chi connectivity index (χ0v) is 12.3. The van der Waals surface area contributed by atoms with Crippen molar-refractivity contribution in [3.8, 4) is 0 Å². The number of halogens is 1. The fraction of sp³-hybridized carbons (Fsp3) is 0.562. The highest BCUT2D eigenvalue weighted by Crippen LogP contribution is 2.29. The van der Waals surface area contributed by atoms with Crippen LogP contribution in [0.15, 0.2) is 24.3 Å². The van der Waals surface area contributed by atoms with Crippen LogP contribution in [0.1, 0.15) is 43.0 Å². The summed E-state index contributed by atoms with van der Waals surface area (Å²) in [4.78, 5) is 14.5. The SMILES string of the molecule is CCCN(CCC(=O)c1ccc(Cl)cc1)CC1CC1. The summed E-state index contributed by atoms with van der Waals surface area (Å²) >= 11 is 5.83. The van der Waals surface area contributed by atoms with Crippen molar-refractivity contribution in [1.82, 2.24) is 4.90 Å². The quantitative estimate of drug-likeness (QED) is 0.670. The Hall–Kier alpha value is -0.860. The number of hydrogen-bond donors (Lipinski definition) is 0. The second kappa shape index (κ2) is 7.06. The smallest absolute Gasteiger partial charge is 0.164 e. The minimum absolute atomic E-state index is 0.216. The van der Waals surface area contributed by atoms with E-state index in [1.807, 2.05) is 12.1 Å². The van der Waals surface area contributed by atoms with Crippen LogP contribution in [0.3, 0.4) is 0 Å². The Labute approximate surface area is 120 Å². The highest BCUT2D eigenvalue weighted by Gasteiger charge is 2.24. The lowest BCUT2D eigenvalue weighted by molar-refractivity contribution is 0.0962. The highest BCUT2D eigenvalue weighted by molar-refractivity contribution is 6.30. The van der Waals surface area contributed by atoms with Crippen LogP contribution in [0.25, 0.3) is 0 Å². The van der Waals surface area contributed by atoms with Gasteiger partial charge in [0, 0.05) is 30.1 Å². The lowest BCUT2D eigenvalue weighted by Gasteiger charge is -2.21. The van der Waals surface area contributed by atoms with Crippen LogP contribution in [-0.4, -0.2) is 30.3 Å². The maximum atomic E-state index is 12.1. The Morgan fingerprint density at radius 2 is 1.95 bits per heavy atom. The number of carbonyl (C=O) groups is 1. The van der Waals surface area contributed by atoms with E-state index in [1.165, 1.54) is 19.4 Å². The molecule has 0 N–H and O–H groups in total. The number of nitrogens with zero attached hydrogens (tertiary/aromatic N) is 1. The minimum Gasteiger partial charge on any atom is -0.303 e. The van der Waals surface area contributed by atoms with Crippen molar-refractivity contribution in [3.05, 3.63) is 34.9 Å². The third-order valence-electron chi connectivity index (χ3n) is 3.57. The molecule has 19 heavy (non-hydrogen) atoms. The van der Waals surface area contributed by atoms with Crippen LogP contribution in [0.2, 0.25) is 5.02 Å². The highest BCUT2D eigenvalue weighted by atomic mass is 35.5. The maximum Gasteiger partial charge on any atom is 0.164 e. The molecule has 2 rings (SSSR count). The maximum absolute atomic E-state index is 12.1. The second-order valence-electron chi connectivity index (χ2n) is 5.42. The van der Waals surface area contributed by atoms with Gasteiger partial charge in [0.1, 0.15) is 0 Å². The molecule has 3 heteroatoms. The Balaban J connectivity index is 1.81. The van der Waals surface area contributed by atoms with E-state index in [4.69, 9.17) is 11.6 Å². The van der Waals surface area contributed by atoms with E-state index in [0.717, 1.165) is 31.0 Å². The molecule has 0 amide bonds. The number of Topliss-reactive ketones (excluding diaryl/α,β-unsaturated/α-hetero) is 1. The van der Waals surface area contributed by atoms with Crippen LogP contribution in [0.4, 0.5) is 0 Å². The van der Waals surface area contributed by atoms with Gasteiger partial charge < -0.3 is 4.90 Å². The van der Waals surface area contributed by atoms with Gasteiger partial charge in [-0.1, -0.05) is 18.5 Å². The standard InChI is InChI=1S/C16H22ClNO/c1-2-10-18(12-13-3-4-13)11-9-16(19)14-5-7-15(17)8-6-14/h5-8,13H,2-4,9-12H2,1H3. The number of benzene rings is 1. The molecule has 0 saturated heterocycles. The first-order valence-corrected chi connectivity index (χ1v) is 7.58. The third-order valence-corrected chi connectivity index (χ3v) is 3.83. The zero-order chi connectivity index (χ0) is 13.7. The average Bonchev–Trinajstić information content (AvgIpc) is 3.21. The summed E-state index contributed by atoms with van der Waals surface area (Å²) in [6, 6.07) is 7.19. The van der Waals surface area contributed by atoms with E-state index in [1.54, 1.807) is 12.1 Å². The summed E-state index contributed by atoms with van der Waals surface area (Å²) in [7, 11) is 0. The van der Waals surface area contributed by atoms with Gasteiger partial charge in [-0.25, -0.2) is 0 Å². The molecule has 0 atom stereocenters. The van der Waals surface area contributed by atoms with Crippen LogP contribution in [0.5, 0.6) is 0 Å². The van der Waals surface area contributed by atoms with Crippen LogP contribution >= 0.6 is 11.6 Å². The summed E-state index contributed by atoms with van der Waals surface area (Å²) < 4.78 is 0. The van der Waals surface area contributed by atoms with Crippen molar-refractivity contribution < 1.29 is 4.79 Å². The molecule has 1 saturated carbocycles. The van der Waals surface area contributed by atoms with Crippen molar-refractivity contribution in [2.75, 3.05) is 19.6 Å². The number of ketones is 1. The first kappa shape index (κ1) is 14.5. The number of hydrogen-bond acceptors (Lipinski definition) is 2. The van der Waals surface area contributed by atoms with Crippen molar-refractivity contribution in [2.45, 2.75) is 32.6 Å². The van der Waals surface area contributed by atoms with Crippen molar-refractivity contribution >= 4 is 17.4 Å². The summed E-state index contributed by atoms with van der Waals surface area (Å²) in [6.07, 6.45) is 4.49. The molecular formula is C16H22ClNO. The molecule has 2 nitrogen and oxygen atoms in total. The fourth-order valence-electron chi connectivity index (χ4n) is 2.32. The largest absolute Gasteiger partial charge is 0.303 e. The molecule has 1 aliphatic rings. The van der Waals surface area contributed by atoms with Crippen LogP contribution in [0, 0.1) is 5.92 Å². The zero-order valence-electron chi connectivity index (χ0n) is 11.6. The van der Waals surface area contributed by atoms with E-state index < -0.39 is 0 Å². The molecule has 0 heterocycles. The van der Waals surface area contributed by atoms with Crippen molar-refractivity contribution in [3.63, 3.8) is 0 Å².